The van der Waals surface area contributed by atoms with E-state index in [1.165, 1.54) is 5.56 Å². The minimum atomic E-state index is 0.132. The van der Waals surface area contributed by atoms with Gasteiger partial charge in [0.05, 0.1) is 6.61 Å². The highest BCUT2D eigenvalue weighted by atomic mass is 16.5. The third-order valence-electron chi connectivity index (χ3n) is 3.54. The summed E-state index contributed by atoms with van der Waals surface area (Å²) in [5.74, 6) is 1.60. The molecule has 0 saturated carbocycles. The number of fused-ring (bicyclic) bond motifs is 1. The van der Waals surface area contributed by atoms with Crippen LogP contribution in [0.2, 0.25) is 0 Å². The Kier molecular flexibility index (Phi) is 2.70. The first kappa shape index (κ1) is 10.5. The van der Waals surface area contributed by atoms with Crippen molar-refractivity contribution in [2.45, 2.75) is 25.8 Å². The lowest BCUT2D eigenvalue weighted by atomic mass is 9.82. The highest BCUT2D eigenvalue weighted by molar-refractivity contribution is 5.35. The van der Waals surface area contributed by atoms with E-state index in [0.717, 1.165) is 18.8 Å². The molecule has 1 aromatic carbocycles. The fourth-order valence-electron chi connectivity index (χ4n) is 2.00. The fourth-order valence-corrected chi connectivity index (χ4v) is 2.00. The number of hydrogen-bond donors (Lipinski definition) is 1. The normalized spacial score (nSPS) is 20.6. The monoisotopic (exact) mass is 205 g/mol. The summed E-state index contributed by atoms with van der Waals surface area (Å²) in [5.41, 5.74) is 1.46. The van der Waals surface area contributed by atoms with Gasteiger partial charge >= 0.3 is 0 Å². The predicted molar refractivity (Wildman–Crippen MR) is 62.3 cm³/mol. The number of benzene rings is 1. The van der Waals surface area contributed by atoms with Crippen LogP contribution in [0.5, 0.6) is 5.75 Å². The second kappa shape index (κ2) is 3.86. The zero-order chi connectivity index (χ0) is 10.9. The minimum Gasteiger partial charge on any atom is -0.493 e. The first-order valence-corrected chi connectivity index (χ1v) is 5.53. The van der Waals surface area contributed by atoms with Gasteiger partial charge in [-0.1, -0.05) is 18.2 Å². The zero-order valence-electron chi connectivity index (χ0n) is 9.71. The van der Waals surface area contributed by atoms with Crippen molar-refractivity contribution in [1.29, 1.82) is 0 Å². The van der Waals surface area contributed by atoms with Crippen LogP contribution < -0.4 is 10.1 Å². The molecule has 0 fully saturated rings. The van der Waals surface area contributed by atoms with Crippen LogP contribution in [0.4, 0.5) is 0 Å². The van der Waals surface area contributed by atoms with Crippen molar-refractivity contribution in [3.05, 3.63) is 29.8 Å². The minimum absolute atomic E-state index is 0.132. The molecule has 0 spiro atoms. The molecule has 0 aromatic heterocycles. The van der Waals surface area contributed by atoms with Gasteiger partial charge in [-0.25, -0.2) is 0 Å². The van der Waals surface area contributed by atoms with E-state index in [9.17, 15) is 0 Å². The van der Waals surface area contributed by atoms with Crippen molar-refractivity contribution < 1.29 is 4.74 Å². The summed E-state index contributed by atoms with van der Waals surface area (Å²) in [6.45, 7) is 5.27. The van der Waals surface area contributed by atoms with Crippen LogP contribution in [0.3, 0.4) is 0 Å². The second-order valence-corrected chi connectivity index (χ2v) is 4.79. The van der Waals surface area contributed by atoms with Crippen LogP contribution in [0.15, 0.2) is 24.3 Å². The molecule has 0 amide bonds. The molecule has 2 rings (SSSR count). The summed E-state index contributed by atoms with van der Waals surface area (Å²) >= 11 is 0. The molecule has 2 heteroatoms. The van der Waals surface area contributed by atoms with E-state index in [2.05, 4.69) is 37.4 Å². The van der Waals surface area contributed by atoms with Gasteiger partial charge in [-0.2, -0.15) is 0 Å². The Morgan fingerprint density at radius 3 is 2.80 bits per heavy atom. The first-order valence-electron chi connectivity index (χ1n) is 5.53. The van der Waals surface area contributed by atoms with E-state index in [0.29, 0.717) is 5.92 Å². The first-order chi connectivity index (χ1) is 7.13. The quantitative estimate of drug-likeness (QED) is 0.799. The molecular formula is C13H19NO. The number of rotatable bonds is 2. The predicted octanol–water partition coefficient (Wildman–Crippen LogP) is 2.24. The Morgan fingerprint density at radius 1 is 1.33 bits per heavy atom. The van der Waals surface area contributed by atoms with Gasteiger partial charge in [-0.05, 0) is 38.9 Å². The average Bonchev–Trinajstić information content (AvgIpc) is 2.28. The van der Waals surface area contributed by atoms with Gasteiger partial charge in [0, 0.05) is 11.5 Å². The molecule has 1 unspecified atom stereocenters. The summed E-state index contributed by atoms with van der Waals surface area (Å²) in [5, 5.41) is 3.36. The third kappa shape index (κ3) is 2.00. The van der Waals surface area contributed by atoms with Gasteiger partial charge in [0.25, 0.3) is 0 Å². The Balaban J connectivity index is 2.19. The molecule has 1 heterocycles. The molecule has 0 aliphatic carbocycles. The van der Waals surface area contributed by atoms with Gasteiger partial charge in [-0.15, -0.1) is 0 Å². The van der Waals surface area contributed by atoms with Crippen LogP contribution in [-0.4, -0.2) is 19.2 Å². The van der Waals surface area contributed by atoms with E-state index in [-0.39, 0.29) is 5.54 Å². The van der Waals surface area contributed by atoms with Crippen molar-refractivity contribution in [3.63, 3.8) is 0 Å². The zero-order valence-corrected chi connectivity index (χ0v) is 9.71. The molecule has 82 valence electrons. The standard InChI is InChI=1S/C13H19NO/c1-13(2,14-3)11-8-10-6-4-5-7-12(10)15-9-11/h4-7,11,14H,8-9H2,1-3H3. The molecule has 0 bridgehead atoms. The van der Waals surface area contributed by atoms with E-state index in [1.54, 1.807) is 0 Å². The topological polar surface area (TPSA) is 21.3 Å². The van der Waals surface area contributed by atoms with E-state index >= 15 is 0 Å². The fraction of sp³-hybridized carbons (Fsp3) is 0.538. The van der Waals surface area contributed by atoms with Gasteiger partial charge in [-0.3, -0.25) is 0 Å². The maximum atomic E-state index is 5.78. The number of nitrogens with one attached hydrogen (secondary N) is 1. The molecule has 1 atom stereocenters. The summed E-state index contributed by atoms with van der Waals surface area (Å²) < 4.78 is 5.78. The van der Waals surface area contributed by atoms with Crippen LogP contribution in [-0.2, 0) is 6.42 Å². The highest BCUT2D eigenvalue weighted by Crippen LogP contribution is 2.31. The Hall–Kier alpha value is -1.02. The molecule has 0 saturated heterocycles. The SMILES string of the molecule is CNC(C)(C)C1COc2ccccc2C1. The van der Waals surface area contributed by atoms with Crippen LogP contribution in [0, 0.1) is 5.92 Å². The summed E-state index contributed by atoms with van der Waals surface area (Å²) in [6, 6.07) is 8.32. The molecule has 1 N–H and O–H groups in total. The summed E-state index contributed by atoms with van der Waals surface area (Å²) in [7, 11) is 2.01. The average molecular weight is 205 g/mol. The molecular weight excluding hydrogens is 186 g/mol. The van der Waals surface area contributed by atoms with Gasteiger partial charge < -0.3 is 10.1 Å². The van der Waals surface area contributed by atoms with Gasteiger partial charge in [0.2, 0.25) is 0 Å². The van der Waals surface area contributed by atoms with Crippen molar-refractivity contribution in [3.8, 4) is 5.75 Å². The van der Waals surface area contributed by atoms with E-state index < -0.39 is 0 Å². The van der Waals surface area contributed by atoms with E-state index in [1.807, 2.05) is 13.1 Å². The molecule has 1 aliphatic heterocycles. The molecule has 15 heavy (non-hydrogen) atoms. The lowest BCUT2D eigenvalue weighted by Crippen LogP contribution is -2.48. The van der Waals surface area contributed by atoms with Gasteiger partial charge in [0.15, 0.2) is 0 Å². The maximum Gasteiger partial charge on any atom is 0.122 e. The molecule has 1 aliphatic rings. The van der Waals surface area contributed by atoms with Gasteiger partial charge in [0.1, 0.15) is 5.75 Å². The van der Waals surface area contributed by atoms with Crippen molar-refractivity contribution in [2.75, 3.05) is 13.7 Å². The highest BCUT2D eigenvalue weighted by Gasteiger charge is 2.31. The van der Waals surface area contributed by atoms with E-state index in [4.69, 9.17) is 4.74 Å². The summed E-state index contributed by atoms with van der Waals surface area (Å²) in [6.07, 6.45) is 1.10. The Morgan fingerprint density at radius 2 is 2.07 bits per heavy atom. The Bertz CT molecular complexity index is 346. The van der Waals surface area contributed by atoms with Crippen LogP contribution >= 0.6 is 0 Å². The second-order valence-electron chi connectivity index (χ2n) is 4.79. The summed E-state index contributed by atoms with van der Waals surface area (Å²) in [4.78, 5) is 0. The van der Waals surface area contributed by atoms with Crippen LogP contribution in [0.1, 0.15) is 19.4 Å². The number of para-hydroxylation sites is 1. The largest absolute Gasteiger partial charge is 0.493 e. The maximum absolute atomic E-state index is 5.78. The lowest BCUT2D eigenvalue weighted by Gasteiger charge is -2.37. The molecule has 1 aromatic rings. The third-order valence-corrected chi connectivity index (χ3v) is 3.54. The lowest BCUT2D eigenvalue weighted by molar-refractivity contribution is 0.146. The van der Waals surface area contributed by atoms with Crippen LogP contribution in [0.25, 0.3) is 0 Å². The van der Waals surface area contributed by atoms with Crippen molar-refractivity contribution in [2.24, 2.45) is 5.92 Å². The van der Waals surface area contributed by atoms with Crippen molar-refractivity contribution >= 4 is 0 Å². The number of ether oxygens (including phenoxy) is 1. The molecule has 0 radical (unpaired) electrons. The van der Waals surface area contributed by atoms with Crippen molar-refractivity contribution in [1.82, 2.24) is 5.32 Å². The number of hydrogen-bond acceptors (Lipinski definition) is 2. The Labute approximate surface area is 91.6 Å². The molecule has 2 nitrogen and oxygen atoms in total. The smallest absolute Gasteiger partial charge is 0.122 e.